The number of alkyl carbamates (subject to hydrolysis) is 1. The summed E-state index contributed by atoms with van der Waals surface area (Å²) in [5, 5.41) is 11.2. The molecule has 2 atom stereocenters. The average Bonchev–Trinajstić information content (AvgIpc) is 3.07. The lowest BCUT2D eigenvalue weighted by Crippen LogP contribution is -2.28. The summed E-state index contributed by atoms with van der Waals surface area (Å²) in [5.74, 6) is -1.34. The average molecular weight is 235 g/mol. The molecule has 5 heteroatoms. The smallest absolute Gasteiger partial charge is 0.407 e. The third-order valence-corrected chi connectivity index (χ3v) is 2.62. The highest BCUT2D eigenvalue weighted by molar-refractivity contribution is 5.77. The number of carboxylic acids is 1. The molecule has 17 heavy (non-hydrogen) atoms. The fourth-order valence-electron chi connectivity index (χ4n) is 1.54. The summed E-state index contributed by atoms with van der Waals surface area (Å²) in [6.07, 6.45) is -0.0851. The maximum atomic E-state index is 11.3. The minimum atomic E-state index is -0.877. The molecule has 0 bridgehead atoms. The van der Waals surface area contributed by atoms with E-state index in [1.165, 1.54) is 0 Å². The van der Waals surface area contributed by atoms with Gasteiger partial charge in [0.25, 0.3) is 0 Å². The predicted octanol–water partition coefficient (Wildman–Crippen LogP) is 1.39. The molecule has 0 saturated heterocycles. The molecule has 1 aromatic carbocycles. The Balaban J connectivity index is 1.71. The summed E-state index contributed by atoms with van der Waals surface area (Å²) >= 11 is 0. The lowest BCUT2D eigenvalue weighted by atomic mass is 10.2. The minimum Gasteiger partial charge on any atom is -0.481 e. The SMILES string of the molecule is O=C(N[C@H]1C[C@H]1C(=O)O)OCc1ccccc1. The van der Waals surface area contributed by atoms with Crippen molar-refractivity contribution < 1.29 is 19.4 Å². The van der Waals surface area contributed by atoms with Crippen molar-refractivity contribution in [1.82, 2.24) is 5.32 Å². The Labute approximate surface area is 98.4 Å². The van der Waals surface area contributed by atoms with Crippen molar-refractivity contribution >= 4 is 12.1 Å². The molecule has 0 radical (unpaired) electrons. The molecular formula is C12H13NO4. The Morgan fingerprint density at radius 2 is 2.06 bits per heavy atom. The summed E-state index contributed by atoms with van der Waals surface area (Å²) < 4.78 is 4.96. The van der Waals surface area contributed by atoms with Gasteiger partial charge in [-0.25, -0.2) is 4.79 Å². The van der Waals surface area contributed by atoms with Crippen LogP contribution in [-0.4, -0.2) is 23.2 Å². The number of aliphatic carboxylic acids is 1. The van der Waals surface area contributed by atoms with E-state index < -0.39 is 18.0 Å². The quantitative estimate of drug-likeness (QED) is 0.826. The van der Waals surface area contributed by atoms with Crippen LogP contribution in [0.5, 0.6) is 0 Å². The second-order valence-electron chi connectivity index (χ2n) is 3.99. The molecule has 1 amide bonds. The van der Waals surface area contributed by atoms with Gasteiger partial charge in [0, 0.05) is 6.04 Å². The number of benzene rings is 1. The largest absolute Gasteiger partial charge is 0.481 e. The molecular weight excluding hydrogens is 222 g/mol. The molecule has 0 aromatic heterocycles. The van der Waals surface area contributed by atoms with Crippen molar-refractivity contribution in [3.8, 4) is 0 Å². The molecule has 2 rings (SSSR count). The first-order chi connectivity index (χ1) is 8.16. The zero-order chi connectivity index (χ0) is 12.3. The maximum Gasteiger partial charge on any atom is 0.407 e. The van der Waals surface area contributed by atoms with Gasteiger partial charge in [-0.05, 0) is 12.0 Å². The summed E-state index contributed by atoms with van der Waals surface area (Å²) in [5.41, 5.74) is 0.897. The van der Waals surface area contributed by atoms with E-state index in [4.69, 9.17) is 9.84 Å². The second-order valence-corrected chi connectivity index (χ2v) is 3.99. The number of nitrogens with one attached hydrogen (secondary N) is 1. The summed E-state index contributed by atoms with van der Waals surface area (Å²) in [4.78, 5) is 21.8. The fourth-order valence-corrected chi connectivity index (χ4v) is 1.54. The highest BCUT2D eigenvalue weighted by atomic mass is 16.5. The van der Waals surface area contributed by atoms with E-state index in [2.05, 4.69) is 5.32 Å². The van der Waals surface area contributed by atoms with E-state index in [0.29, 0.717) is 6.42 Å². The van der Waals surface area contributed by atoms with Crippen LogP contribution in [0.4, 0.5) is 4.79 Å². The van der Waals surface area contributed by atoms with Gasteiger partial charge >= 0.3 is 12.1 Å². The van der Waals surface area contributed by atoms with Crippen LogP contribution in [0.15, 0.2) is 30.3 Å². The maximum absolute atomic E-state index is 11.3. The number of ether oxygens (including phenoxy) is 1. The summed E-state index contributed by atoms with van der Waals surface area (Å²) in [6, 6.07) is 9.02. The van der Waals surface area contributed by atoms with Crippen LogP contribution in [0.25, 0.3) is 0 Å². The third kappa shape index (κ3) is 3.21. The van der Waals surface area contributed by atoms with Crippen molar-refractivity contribution in [2.45, 2.75) is 19.1 Å². The van der Waals surface area contributed by atoms with Crippen LogP contribution < -0.4 is 5.32 Å². The Morgan fingerprint density at radius 3 is 2.65 bits per heavy atom. The number of carbonyl (C=O) groups is 2. The highest BCUT2D eigenvalue weighted by Gasteiger charge is 2.44. The van der Waals surface area contributed by atoms with Gasteiger partial charge in [-0.3, -0.25) is 4.79 Å². The van der Waals surface area contributed by atoms with Gasteiger partial charge in [0.2, 0.25) is 0 Å². The van der Waals surface area contributed by atoms with Gasteiger partial charge in [-0.1, -0.05) is 30.3 Å². The van der Waals surface area contributed by atoms with E-state index in [9.17, 15) is 9.59 Å². The zero-order valence-electron chi connectivity index (χ0n) is 9.13. The molecule has 90 valence electrons. The van der Waals surface area contributed by atoms with E-state index in [1.807, 2.05) is 30.3 Å². The molecule has 1 saturated carbocycles. The fraction of sp³-hybridized carbons (Fsp3) is 0.333. The molecule has 0 aliphatic heterocycles. The van der Waals surface area contributed by atoms with Crippen LogP contribution in [0, 0.1) is 5.92 Å². The number of carboxylic acid groups (broad SMARTS) is 1. The van der Waals surface area contributed by atoms with E-state index >= 15 is 0 Å². The van der Waals surface area contributed by atoms with Crippen molar-refractivity contribution in [3.05, 3.63) is 35.9 Å². The van der Waals surface area contributed by atoms with Crippen molar-refractivity contribution in [2.75, 3.05) is 0 Å². The second kappa shape index (κ2) is 4.86. The Bertz CT molecular complexity index is 418. The molecule has 0 heterocycles. The van der Waals surface area contributed by atoms with Crippen LogP contribution in [-0.2, 0) is 16.1 Å². The Kier molecular flexibility index (Phi) is 3.27. The number of hydrogen-bond donors (Lipinski definition) is 2. The molecule has 1 fully saturated rings. The van der Waals surface area contributed by atoms with Crippen molar-refractivity contribution in [3.63, 3.8) is 0 Å². The molecule has 2 N–H and O–H groups in total. The number of hydrogen-bond acceptors (Lipinski definition) is 3. The molecule has 0 unspecified atom stereocenters. The lowest BCUT2D eigenvalue weighted by Gasteiger charge is -2.05. The first-order valence-electron chi connectivity index (χ1n) is 5.37. The Hall–Kier alpha value is -2.04. The van der Waals surface area contributed by atoms with Gasteiger partial charge in [0.1, 0.15) is 6.61 Å². The van der Waals surface area contributed by atoms with Gasteiger partial charge in [0.15, 0.2) is 0 Å². The van der Waals surface area contributed by atoms with Crippen molar-refractivity contribution in [2.24, 2.45) is 5.92 Å². The molecule has 0 spiro atoms. The molecule has 1 aliphatic carbocycles. The molecule has 5 nitrogen and oxygen atoms in total. The predicted molar refractivity (Wildman–Crippen MR) is 59.3 cm³/mol. The Morgan fingerprint density at radius 1 is 1.35 bits per heavy atom. The normalized spacial score (nSPS) is 21.6. The monoisotopic (exact) mass is 235 g/mol. The molecule has 1 aliphatic rings. The topological polar surface area (TPSA) is 75.6 Å². The van der Waals surface area contributed by atoms with Crippen LogP contribution >= 0.6 is 0 Å². The number of amides is 1. The third-order valence-electron chi connectivity index (χ3n) is 2.62. The van der Waals surface area contributed by atoms with E-state index in [0.717, 1.165) is 5.56 Å². The number of rotatable bonds is 4. The molecule has 1 aromatic rings. The van der Waals surface area contributed by atoms with Crippen molar-refractivity contribution in [1.29, 1.82) is 0 Å². The zero-order valence-corrected chi connectivity index (χ0v) is 9.13. The van der Waals surface area contributed by atoms with Gasteiger partial charge < -0.3 is 15.2 Å². The van der Waals surface area contributed by atoms with E-state index in [-0.39, 0.29) is 12.6 Å². The summed E-state index contributed by atoms with van der Waals surface area (Å²) in [7, 11) is 0. The first-order valence-corrected chi connectivity index (χ1v) is 5.37. The van der Waals surface area contributed by atoms with Gasteiger partial charge in [-0.15, -0.1) is 0 Å². The highest BCUT2D eigenvalue weighted by Crippen LogP contribution is 2.30. The van der Waals surface area contributed by atoms with Crippen LogP contribution in [0.2, 0.25) is 0 Å². The minimum absolute atomic E-state index is 0.192. The first kappa shape index (κ1) is 11.4. The van der Waals surface area contributed by atoms with Crippen LogP contribution in [0.1, 0.15) is 12.0 Å². The van der Waals surface area contributed by atoms with Crippen LogP contribution in [0.3, 0.4) is 0 Å². The lowest BCUT2D eigenvalue weighted by molar-refractivity contribution is -0.138. The summed E-state index contributed by atoms with van der Waals surface area (Å²) in [6.45, 7) is 0.192. The van der Waals surface area contributed by atoms with Gasteiger partial charge in [-0.2, -0.15) is 0 Å². The van der Waals surface area contributed by atoms with E-state index in [1.54, 1.807) is 0 Å². The van der Waals surface area contributed by atoms with Gasteiger partial charge in [0.05, 0.1) is 5.92 Å². The standard InChI is InChI=1S/C12H13NO4/c14-11(15)9-6-10(9)13-12(16)17-7-8-4-2-1-3-5-8/h1-5,9-10H,6-7H2,(H,13,16)(H,14,15)/t9-,10+/m1/s1. The number of carbonyl (C=O) groups excluding carboxylic acids is 1.